The molecule has 0 atom stereocenters. The second-order valence-electron chi connectivity index (χ2n) is 16.9. The summed E-state index contributed by atoms with van der Waals surface area (Å²) in [4.78, 5) is 4.70. The molecule has 0 N–H and O–H groups in total. The third kappa shape index (κ3) is 5.56. The molecule has 0 saturated heterocycles. The molecule has 300 valence electrons. The maximum atomic E-state index is 6.78. The fourth-order valence-corrected chi connectivity index (χ4v) is 10.1. The van der Waals surface area contributed by atoms with Crippen LogP contribution >= 0.6 is 0 Å². The summed E-state index contributed by atoms with van der Waals surface area (Å²) in [5.74, 6) is 0.947. The summed E-state index contributed by atoms with van der Waals surface area (Å²) < 4.78 is 20.0. The molecule has 63 heavy (non-hydrogen) atoms. The Kier molecular flexibility index (Phi) is 7.79. The topological polar surface area (TPSA) is 45.9 Å². The van der Waals surface area contributed by atoms with Gasteiger partial charge in [-0.15, -0.1) is 0 Å². The molecule has 0 radical (unpaired) electrons. The van der Waals surface area contributed by atoms with E-state index >= 15 is 0 Å². The second kappa shape index (κ2) is 13.7. The molecule has 0 unspecified atom stereocenters. The van der Waals surface area contributed by atoms with E-state index in [4.69, 9.17) is 13.3 Å². The molecule has 5 heteroatoms. The molecule has 3 heterocycles. The van der Waals surface area contributed by atoms with Gasteiger partial charge in [0.15, 0.2) is 11.3 Å². The first-order chi connectivity index (χ1) is 31.0. The zero-order valence-electron chi connectivity index (χ0n) is 34.9. The van der Waals surface area contributed by atoms with Crippen molar-refractivity contribution in [2.45, 2.75) is 26.7 Å². The van der Waals surface area contributed by atoms with Crippen molar-refractivity contribution >= 4 is 111 Å². The van der Waals surface area contributed by atoms with Crippen LogP contribution in [-0.2, 0) is 6.42 Å². The number of rotatable bonds is 6. The Morgan fingerprint density at radius 3 is 1.63 bits per heavy atom. The van der Waals surface area contributed by atoms with Crippen LogP contribution in [0.2, 0.25) is 0 Å². The van der Waals surface area contributed by atoms with Crippen molar-refractivity contribution in [2.24, 2.45) is 0 Å². The van der Waals surface area contributed by atoms with E-state index in [-0.39, 0.29) is 0 Å². The molecule has 0 aliphatic heterocycles. The summed E-state index contributed by atoms with van der Waals surface area (Å²) in [5, 5.41) is 10.1. The molecular weight excluding hydrogens is 773 g/mol. The SMILES string of the molecule is Cc1ccccc1N(C1=CCCc2c1oc1ccccc21)c1ccc2cc3c(cc2c1)oc1cc2cc(N(c4ccccc4C)c4cccc5c4oc4ccccc45)ccc2cc13. The highest BCUT2D eigenvalue weighted by atomic mass is 16.3. The normalized spacial score (nSPS) is 12.9. The molecule has 0 bridgehead atoms. The molecule has 5 nitrogen and oxygen atoms in total. The van der Waals surface area contributed by atoms with Gasteiger partial charge in [0.2, 0.25) is 0 Å². The molecule has 0 amide bonds. The van der Waals surface area contributed by atoms with Gasteiger partial charge in [-0.05, 0) is 138 Å². The fraction of sp³-hybridized carbons (Fsp3) is 0.0690. The Morgan fingerprint density at radius 1 is 0.397 bits per heavy atom. The summed E-state index contributed by atoms with van der Waals surface area (Å²) in [5.41, 5.74) is 14.4. The second-order valence-corrected chi connectivity index (χ2v) is 16.9. The Hall–Kier alpha value is -8.02. The minimum Gasteiger partial charge on any atom is -0.456 e. The van der Waals surface area contributed by atoms with Crippen LogP contribution in [0.3, 0.4) is 0 Å². The van der Waals surface area contributed by atoms with Crippen LogP contribution in [-0.4, -0.2) is 0 Å². The molecule has 0 fully saturated rings. The first-order valence-corrected chi connectivity index (χ1v) is 21.7. The summed E-state index contributed by atoms with van der Waals surface area (Å²) >= 11 is 0. The number of nitrogens with zero attached hydrogens (tertiary/aromatic N) is 2. The number of hydrogen-bond donors (Lipinski definition) is 0. The van der Waals surface area contributed by atoms with Crippen molar-refractivity contribution in [2.75, 3.05) is 9.80 Å². The summed E-state index contributed by atoms with van der Waals surface area (Å²) in [7, 11) is 0. The monoisotopic (exact) mass is 812 g/mol. The fourth-order valence-electron chi connectivity index (χ4n) is 10.1. The number of benzene rings is 9. The number of fused-ring (bicyclic) bond motifs is 11. The number of para-hydroxylation sites is 5. The summed E-state index contributed by atoms with van der Waals surface area (Å²) in [6.45, 7) is 4.34. The highest BCUT2D eigenvalue weighted by Crippen LogP contribution is 2.46. The lowest BCUT2D eigenvalue weighted by atomic mass is 9.96. The molecule has 3 aromatic heterocycles. The number of furan rings is 3. The number of allylic oxidation sites excluding steroid dienone is 1. The Bertz CT molecular complexity index is 3860. The number of anilines is 5. The van der Waals surface area contributed by atoms with Gasteiger partial charge in [-0.25, -0.2) is 0 Å². The first kappa shape index (κ1) is 35.7. The molecule has 13 rings (SSSR count). The zero-order chi connectivity index (χ0) is 41.8. The maximum absolute atomic E-state index is 6.78. The van der Waals surface area contributed by atoms with Crippen molar-refractivity contribution in [3.63, 3.8) is 0 Å². The van der Waals surface area contributed by atoms with Crippen molar-refractivity contribution in [1.29, 1.82) is 0 Å². The van der Waals surface area contributed by atoms with Gasteiger partial charge in [0.05, 0.1) is 11.4 Å². The van der Waals surface area contributed by atoms with E-state index < -0.39 is 0 Å². The van der Waals surface area contributed by atoms with Crippen LogP contribution in [0.5, 0.6) is 0 Å². The van der Waals surface area contributed by atoms with Gasteiger partial charge in [0.1, 0.15) is 22.3 Å². The van der Waals surface area contributed by atoms with Crippen molar-refractivity contribution in [3.8, 4) is 0 Å². The molecular formula is C58H40N2O3. The third-order valence-electron chi connectivity index (χ3n) is 13.1. The van der Waals surface area contributed by atoms with Crippen LogP contribution in [0.25, 0.3) is 82.1 Å². The number of hydrogen-bond acceptors (Lipinski definition) is 5. The zero-order valence-corrected chi connectivity index (χ0v) is 34.9. The maximum Gasteiger partial charge on any atom is 0.159 e. The van der Waals surface area contributed by atoms with Crippen molar-refractivity contribution in [1.82, 2.24) is 0 Å². The Balaban J connectivity index is 0.939. The average Bonchev–Trinajstić information content (AvgIpc) is 4.00. The van der Waals surface area contributed by atoms with Crippen LogP contribution in [0.1, 0.15) is 28.9 Å². The minimum atomic E-state index is 0.860. The van der Waals surface area contributed by atoms with Gasteiger partial charge in [0, 0.05) is 55.2 Å². The lowest BCUT2D eigenvalue weighted by molar-refractivity contribution is 0.588. The molecule has 12 aromatic rings. The number of aryl methyl sites for hydroxylation is 3. The lowest BCUT2D eigenvalue weighted by Crippen LogP contribution is -2.18. The van der Waals surface area contributed by atoms with E-state index in [0.717, 1.165) is 124 Å². The van der Waals surface area contributed by atoms with Crippen LogP contribution < -0.4 is 9.80 Å². The highest BCUT2D eigenvalue weighted by molar-refractivity contribution is 6.15. The van der Waals surface area contributed by atoms with E-state index in [2.05, 4.69) is 187 Å². The molecule has 1 aliphatic carbocycles. The van der Waals surface area contributed by atoms with Crippen LogP contribution in [0.15, 0.2) is 195 Å². The summed E-state index contributed by atoms with van der Waals surface area (Å²) in [6, 6.07) is 62.7. The molecule has 0 saturated carbocycles. The van der Waals surface area contributed by atoms with Crippen LogP contribution in [0.4, 0.5) is 28.4 Å². The standard InChI is InChI=1S/C58H40N2O3/c1-35-13-3-7-19-49(35)59(51-21-11-17-45-43-15-5-9-23-53(43)62-57(45)51)41-27-25-37-31-47-48-32-38-26-28-42(30-40(38)34-56(48)61-55(47)33-39(37)29-41)60(50-20-8-4-14-36(50)2)52-22-12-18-46-44-16-6-10-24-54(44)63-58(46)52/h3-11,13-17,19-34H,12,18H2,1-2H3. The average molecular weight is 813 g/mol. The van der Waals surface area contributed by atoms with Gasteiger partial charge >= 0.3 is 0 Å². The first-order valence-electron chi connectivity index (χ1n) is 21.7. The molecule has 1 aliphatic rings. The Labute approximate surface area is 363 Å². The van der Waals surface area contributed by atoms with Gasteiger partial charge in [-0.2, -0.15) is 0 Å². The van der Waals surface area contributed by atoms with Crippen LogP contribution in [0, 0.1) is 13.8 Å². The summed E-state index contributed by atoms with van der Waals surface area (Å²) in [6.07, 6.45) is 4.23. The van der Waals surface area contributed by atoms with Gasteiger partial charge < -0.3 is 23.1 Å². The van der Waals surface area contributed by atoms with Crippen molar-refractivity contribution in [3.05, 3.63) is 204 Å². The van der Waals surface area contributed by atoms with E-state index in [1.54, 1.807) is 0 Å². The van der Waals surface area contributed by atoms with Gasteiger partial charge in [-0.3, -0.25) is 0 Å². The van der Waals surface area contributed by atoms with E-state index in [1.165, 1.54) is 22.1 Å². The predicted octanol–water partition coefficient (Wildman–Crippen LogP) is 16.8. The predicted molar refractivity (Wildman–Crippen MR) is 261 cm³/mol. The molecule has 9 aromatic carbocycles. The van der Waals surface area contributed by atoms with Crippen molar-refractivity contribution < 1.29 is 13.3 Å². The quantitative estimate of drug-likeness (QED) is 0.167. The Morgan fingerprint density at radius 2 is 0.952 bits per heavy atom. The van der Waals surface area contributed by atoms with Gasteiger partial charge in [-0.1, -0.05) is 103 Å². The smallest absolute Gasteiger partial charge is 0.159 e. The molecule has 0 spiro atoms. The van der Waals surface area contributed by atoms with E-state index in [0.29, 0.717) is 0 Å². The van der Waals surface area contributed by atoms with E-state index in [1.807, 2.05) is 18.2 Å². The highest BCUT2D eigenvalue weighted by Gasteiger charge is 2.28. The third-order valence-corrected chi connectivity index (χ3v) is 13.1. The minimum absolute atomic E-state index is 0.860. The largest absolute Gasteiger partial charge is 0.456 e. The van der Waals surface area contributed by atoms with Gasteiger partial charge in [0.25, 0.3) is 0 Å². The van der Waals surface area contributed by atoms with E-state index in [9.17, 15) is 0 Å². The lowest BCUT2D eigenvalue weighted by Gasteiger charge is -2.30.